The largest absolute Gasteiger partial charge is 0.457 e. The monoisotopic (exact) mass is 396 g/mol. The molecule has 0 saturated carbocycles. The lowest BCUT2D eigenvalue weighted by molar-refractivity contribution is 0.482. The standard InChI is InChI=1S/C26H24N2O2/c1-3-7-23(8-4-1)29-25-15-11-21(12-16-25)27-19-20-28-22-13-17-26(18-14-22)30-24-9-5-2-6-10-24/h1-18,27-28H,19-20H2. The van der Waals surface area contributed by atoms with Gasteiger partial charge in [-0.1, -0.05) is 36.4 Å². The van der Waals surface area contributed by atoms with E-state index in [1.165, 1.54) is 0 Å². The summed E-state index contributed by atoms with van der Waals surface area (Å²) in [6, 6.07) is 35.5. The average molecular weight is 396 g/mol. The third kappa shape index (κ3) is 5.79. The van der Waals surface area contributed by atoms with Gasteiger partial charge in [0.25, 0.3) is 0 Å². The summed E-state index contributed by atoms with van der Waals surface area (Å²) in [4.78, 5) is 0. The minimum absolute atomic E-state index is 0.807. The van der Waals surface area contributed by atoms with E-state index in [1.807, 2.05) is 109 Å². The summed E-state index contributed by atoms with van der Waals surface area (Å²) in [6.07, 6.45) is 0. The Morgan fingerprint density at radius 1 is 0.400 bits per heavy atom. The van der Waals surface area contributed by atoms with Crippen LogP contribution in [0.3, 0.4) is 0 Å². The van der Waals surface area contributed by atoms with Gasteiger partial charge in [0.15, 0.2) is 0 Å². The van der Waals surface area contributed by atoms with E-state index in [9.17, 15) is 0 Å². The second-order valence-corrected chi connectivity index (χ2v) is 6.73. The molecule has 0 atom stereocenters. The number of ether oxygens (including phenoxy) is 2. The molecule has 4 heteroatoms. The van der Waals surface area contributed by atoms with Crippen LogP contribution in [-0.4, -0.2) is 13.1 Å². The molecule has 4 aromatic carbocycles. The van der Waals surface area contributed by atoms with E-state index in [2.05, 4.69) is 10.6 Å². The first-order valence-corrected chi connectivity index (χ1v) is 9.99. The lowest BCUT2D eigenvalue weighted by atomic mass is 10.3. The molecule has 0 fully saturated rings. The Balaban J connectivity index is 1.19. The third-order valence-corrected chi connectivity index (χ3v) is 4.45. The van der Waals surface area contributed by atoms with E-state index in [0.717, 1.165) is 47.5 Å². The minimum Gasteiger partial charge on any atom is -0.457 e. The van der Waals surface area contributed by atoms with Gasteiger partial charge >= 0.3 is 0 Å². The van der Waals surface area contributed by atoms with Gasteiger partial charge in [0.1, 0.15) is 23.0 Å². The molecule has 0 radical (unpaired) electrons. The summed E-state index contributed by atoms with van der Waals surface area (Å²) in [5.41, 5.74) is 2.12. The van der Waals surface area contributed by atoms with Crippen LogP contribution in [0.4, 0.5) is 11.4 Å². The van der Waals surface area contributed by atoms with Crippen LogP contribution in [0.5, 0.6) is 23.0 Å². The Bertz CT molecular complexity index is 931. The predicted octanol–water partition coefficient (Wildman–Crippen LogP) is 6.80. The number of para-hydroxylation sites is 2. The van der Waals surface area contributed by atoms with Gasteiger partial charge in [-0.25, -0.2) is 0 Å². The number of hydrogen-bond acceptors (Lipinski definition) is 4. The Kier molecular flexibility index (Phi) is 6.48. The highest BCUT2D eigenvalue weighted by atomic mass is 16.5. The van der Waals surface area contributed by atoms with Crippen molar-refractivity contribution in [2.24, 2.45) is 0 Å². The smallest absolute Gasteiger partial charge is 0.127 e. The molecule has 0 aromatic heterocycles. The van der Waals surface area contributed by atoms with Crippen molar-refractivity contribution in [3.8, 4) is 23.0 Å². The Labute approximate surface area is 177 Å². The zero-order valence-electron chi connectivity index (χ0n) is 16.6. The van der Waals surface area contributed by atoms with Crippen molar-refractivity contribution in [2.75, 3.05) is 23.7 Å². The molecular formula is C26H24N2O2. The van der Waals surface area contributed by atoms with Gasteiger partial charge < -0.3 is 20.1 Å². The Hall–Kier alpha value is -3.92. The molecular weight excluding hydrogens is 372 g/mol. The topological polar surface area (TPSA) is 42.5 Å². The first-order valence-electron chi connectivity index (χ1n) is 9.99. The molecule has 0 bridgehead atoms. The molecule has 0 heterocycles. The molecule has 0 aliphatic heterocycles. The van der Waals surface area contributed by atoms with Gasteiger partial charge in [0.2, 0.25) is 0 Å². The number of hydrogen-bond donors (Lipinski definition) is 2. The summed E-state index contributed by atoms with van der Waals surface area (Å²) in [5, 5.41) is 6.81. The first-order chi connectivity index (χ1) is 14.8. The summed E-state index contributed by atoms with van der Waals surface area (Å²) >= 11 is 0. The average Bonchev–Trinajstić information content (AvgIpc) is 2.80. The quantitative estimate of drug-likeness (QED) is 0.306. The van der Waals surface area contributed by atoms with E-state index in [-0.39, 0.29) is 0 Å². The van der Waals surface area contributed by atoms with E-state index in [1.54, 1.807) is 0 Å². The fourth-order valence-electron chi connectivity index (χ4n) is 2.94. The summed E-state index contributed by atoms with van der Waals surface area (Å²) in [5.74, 6) is 3.32. The lowest BCUT2D eigenvalue weighted by Gasteiger charge is -2.11. The van der Waals surface area contributed by atoms with Gasteiger partial charge in [-0.05, 0) is 72.8 Å². The molecule has 2 N–H and O–H groups in total. The molecule has 0 saturated heterocycles. The highest BCUT2D eigenvalue weighted by molar-refractivity contribution is 5.49. The van der Waals surface area contributed by atoms with Crippen LogP contribution in [-0.2, 0) is 0 Å². The summed E-state index contributed by atoms with van der Waals surface area (Å²) < 4.78 is 11.6. The Morgan fingerprint density at radius 2 is 0.733 bits per heavy atom. The molecule has 4 rings (SSSR count). The Morgan fingerprint density at radius 3 is 1.10 bits per heavy atom. The molecule has 0 amide bonds. The SMILES string of the molecule is c1ccc(Oc2ccc(NCCNc3ccc(Oc4ccccc4)cc3)cc2)cc1. The van der Waals surface area contributed by atoms with Crippen LogP contribution >= 0.6 is 0 Å². The highest BCUT2D eigenvalue weighted by Gasteiger charge is 1.99. The predicted molar refractivity (Wildman–Crippen MR) is 123 cm³/mol. The van der Waals surface area contributed by atoms with Crippen LogP contribution < -0.4 is 20.1 Å². The molecule has 4 aromatic rings. The van der Waals surface area contributed by atoms with Crippen molar-refractivity contribution in [3.05, 3.63) is 109 Å². The highest BCUT2D eigenvalue weighted by Crippen LogP contribution is 2.23. The van der Waals surface area contributed by atoms with Crippen molar-refractivity contribution < 1.29 is 9.47 Å². The number of anilines is 2. The number of rotatable bonds is 9. The molecule has 4 nitrogen and oxygen atoms in total. The van der Waals surface area contributed by atoms with Crippen molar-refractivity contribution in [3.63, 3.8) is 0 Å². The van der Waals surface area contributed by atoms with E-state index in [4.69, 9.17) is 9.47 Å². The van der Waals surface area contributed by atoms with Crippen LogP contribution in [0.15, 0.2) is 109 Å². The molecule has 0 spiro atoms. The van der Waals surface area contributed by atoms with Crippen molar-refractivity contribution in [2.45, 2.75) is 0 Å². The second-order valence-electron chi connectivity index (χ2n) is 6.73. The van der Waals surface area contributed by atoms with E-state index < -0.39 is 0 Å². The van der Waals surface area contributed by atoms with Crippen LogP contribution in [0.2, 0.25) is 0 Å². The molecule has 150 valence electrons. The first kappa shape index (κ1) is 19.4. The maximum Gasteiger partial charge on any atom is 0.127 e. The van der Waals surface area contributed by atoms with Crippen molar-refractivity contribution in [1.29, 1.82) is 0 Å². The zero-order chi connectivity index (χ0) is 20.4. The second kappa shape index (κ2) is 10.0. The van der Waals surface area contributed by atoms with Crippen LogP contribution in [0.1, 0.15) is 0 Å². The third-order valence-electron chi connectivity index (χ3n) is 4.45. The molecule has 0 unspecified atom stereocenters. The fraction of sp³-hybridized carbons (Fsp3) is 0.0769. The van der Waals surface area contributed by atoms with Gasteiger partial charge in [0, 0.05) is 24.5 Å². The maximum atomic E-state index is 5.81. The molecule has 0 aliphatic carbocycles. The van der Waals surface area contributed by atoms with Gasteiger partial charge in [-0.2, -0.15) is 0 Å². The van der Waals surface area contributed by atoms with E-state index in [0.29, 0.717) is 0 Å². The van der Waals surface area contributed by atoms with Gasteiger partial charge in [0.05, 0.1) is 0 Å². The number of nitrogens with one attached hydrogen (secondary N) is 2. The normalized spacial score (nSPS) is 10.3. The molecule has 30 heavy (non-hydrogen) atoms. The van der Waals surface area contributed by atoms with Crippen molar-refractivity contribution >= 4 is 11.4 Å². The van der Waals surface area contributed by atoms with Gasteiger partial charge in [-0.3, -0.25) is 0 Å². The summed E-state index contributed by atoms with van der Waals surface area (Å²) in [7, 11) is 0. The summed E-state index contributed by atoms with van der Waals surface area (Å²) in [6.45, 7) is 1.61. The van der Waals surface area contributed by atoms with Crippen LogP contribution in [0, 0.1) is 0 Å². The number of benzene rings is 4. The molecule has 0 aliphatic rings. The van der Waals surface area contributed by atoms with Crippen LogP contribution in [0.25, 0.3) is 0 Å². The van der Waals surface area contributed by atoms with Gasteiger partial charge in [-0.15, -0.1) is 0 Å². The van der Waals surface area contributed by atoms with E-state index >= 15 is 0 Å². The van der Waals surface area contributed by atoms with Crippen molar-refractivity contribution in [1.82, 2.24) is 0 Å². The zero-order valence-corrected chi connectivity index (χ0v) is 16.6. The maximum absolute atomic E-state index is 5.81. The minimum atomic E-state index is 0.807. The lowest BCUT2D eigenvalue weighted by Crippen LogP contribution is -2.13. The fourth-order valence-corrected chi connectivity index (χ4v) is 2.94.